The van der Waals surface area contributed by atoms with Crippen molar-refractivity contribution in [2.24, 2.45) is 0 Å². The van der Waals surface area contributed by atoms with Crippen molar-refractivity contribution in [1.29, 1.82) is 0 Å². The summed E-state index contributed by atoms with van der Waals surface area (Å²) in [6, 6.07) is 21.3. The lowest BCUT2D eigenvalue weighted by Crippen LogP contribution is -2.50. The number of carbonyl (C=O) groups excluding carboxylic acids is 1. The molecule has 0 unspecified atom stereocenters. The van der Waals surface area contributed by atoms with E-state index in [0.29, 0.717) is 48.8 Å². The summed E-state index contributed by atoms with van der Waals surface area (Å²) >= 11 is 6.23. The number of benzene rings is 3. The number of para-hydroxylation sites is 1. The number of hydrogen-bond acceptors (Lipinski definition) is 4. The topological polar surface area (TPSA) is 61.8 Å². The molecule has 5 rings (SSSR count). The molecule has 1 heterocycles. The number of nitrogens with one attached hydrogen (secondary N) is 1. The minimum absolute atomic E-state index is 0.125. The molecule has 182 valence electrons. The Balaban J connectivity index is 1.28. The van der Waals surface area contributed by atoms with Crippen LogP contribution < -0.4 is 10.1 Å². The molecule has 3 aromatic carbocycles. The van der Waals surface area contributed by atoms with Crippen molar-refractivity contribution in [2.45, 2.75) is 36.9 Å². The van der Waals surface area contributed by atoms with Crippen molar-refractivity contribution in [1.82, 2.24) is 10.2 Å². The van der Waals surface area contributed by atoms with Gasteiger partial charge in [-0.15, -0.1) is 0 Å². The van der Waals surface area contributed by atoms with Crippen molar-refractivity contribution in [3.63, 3.8) is 0 Å². The summed E-state index contributed by atoms with van der Waals surface area (Å²) in [6.45, 7) is 1.68. The second kappa shape index (κ2) is 9.97. The fourth-order valence-electron chi connectivity index (χ4n) is 5.49. The fraction of sp³-hybridized carbons (Fsp3) is 0.321. The lowest BCUT2D eigenvalue weighted by Gasteiger charge is -2.43. The number of fused-ring (bicyclic) bond motifs is 2. The number of nitrogens with zero attached hydrogens (tertiary/aromatic N) is 1. The zero-order chi connectivity index (χ0) is 24.4. The quantitative estimate of drug-likeness (QED) is 0.525. The largest absolute Gasteiger partial charge is 0.484 e. The van der Waals surface area contributed by atoms with Gasteiger partial charge < -0.3 is 15.2 Å². The third kappa shape index (κ3) is 4.66. The molecular weight excluding hydrogens is 467 g/mol. The van der Waals surface area contributed by atoms with Crippen molar-refractivity contribution >= 4 is 17.5 Å². The molecule has 2 N–H and O–H groups in total. The Morgan fingerprint density at radius 3 is 2.51 bits per heavy atom. The summed E-state index contributed by atoms with van der Waals surface area (Å²) in [5, 5.41) is 15.0. The van der Waals surface area contributed by atoms with Crippen LogP contribution in [0.25, 0.3) is 0 Å². The Kier molecular flexibility index (Phi) is 6.78. The molecule has 0 bridgehead atoms. The van der Waals surface area contributed by atoms with Crippen LogP contribution >= 0.6 is 11.6 Å². The van der Waals surface area contributed by atoms with Crippen LogP contribution in [0, 0.1) is 5.82 Å². The highest BCUT2D eigenvalue weighted by Crippen LogP contribution is 2.51. The molecule has 35 heavy (non-hydrogen) atoms. The average Bonchev–Trinajstić information content (AvgIpc) is 3.10. The smallest absolute Gasteiger partial charge is 0.258 e. The fourth-order valence-corrected chi connectivity index (χ4v) is 5.71. The number of hydrogen-bond donors (Lipinski definition) is 2. The molecule has 0 radical (unpaired) electrons. The summed E-state index contributed by atoms with van der Waals surface area (Å²) in [4.78, 5) is 14.9. The molecule has 7 heteroatoms. The van der Waals surface area contributed by atoms with E-state index in [4.69, 9.17) is 16.3 Å². The van der Waals surface area contributed by atoms with Gasteiger partial charge in [0.15, 0.2) is 6.61 Å². The first-order chi connectivity index (χ1) is 17.0. The highest BCUT2D eigenvalue weighted by atomic mass is 35.5. The second-order valence-electron chi connectivity index (χ2n) is 9.31. The van der Waals surface area contributed by atoms with Gasteiger partial charge in [-0.2, -0.15) is 0 Å². The summed E-state index contributed by atoms with van der Waals surface area (Å²) in [7, 11) is 0. The lowest BCUT2D eigenvalue weighted by atomic mass is 9.72. The Morgan fingerprint density at radius 2 is 1.77 bits per heavy atom. The number of ether oxygens (including phenoxy) is 1. The summed E-state index contributed by atoms with van der Waals surface area (Å²) < 4.78 is 19.9. The van der Waals surface area contributed by atoms with E-state index in [1.54, 1.807) is 24.3 Å². The number of aliphatic hydroxyl groups excluding tert-OH is 1. The maximum atomic E-state index is 14.3. The predicted molar refractivity (Wildman–Crippen MR) is 133 cm³/mol. The first-order valence-electron chi connectivity index (χ1n) is 11.9. The van der Waals surface area contributed by atoms with Crippen LogP contribution in [0.1, 0.15) is 35.6 Å². The number of rotatable bonds is 6. The number of carbonyl (C=O) groups is 1. The van der Waals surface area contributed by atoms with Gasteiger partial charge in [0.2, 0.25) is 0 Å². The lowest BCUT2D eigenvalue weighted by molar-refractivity contribution is -0.125. The number of amides is 1. The van der Waals surface area contributed by atoms with E-state index >= 15 is 0 Å². The van der Waals surface area contributed by atoms with Crippen LogP contribution in [0.15, 0.2) is 72.8 Å². The van der Waals surface area contributed by atoms with Crippen LogP contribution in [0.5, 0.6) is 5.75 Å². The normalized spacial score (nSPS) is 21.0. The van der Waals surface area contributed by atoms with E-state index in [0.717, 1.165) is 11.1 Å². The molecule has 1 spiro atoms. The second-order valence-corrected chi connectivity index (χ2v) is 9.72. The van der Waals surface area contributed by atoms with Crippen molar-refractivity contribution in [2.75, 3.05) is 19.7 Å². The molecule has 0 aromatic heterocycles. The summed E-state index contributed by atoms with van der Waals surface area (Å²) in [6.07, 6.45) is 0.633. The van der Waals surface area contributed by atoms with E-state index in [1.807, 2.05) is 36.4 Å². The minimum atomic E-state index is -0.764. The first-order valence-corrected chi connectivity index (χ1v) is 12.3. The van der Waals surface area contributed by atoms with Crippen LogP contribution in [0.2, 0.25) is 5.02 Å². The SMILES string of the molecule is O=C(COc1ccccc1)N[C@@H]1c2ccccc2C2(CCN(Cc3c(F)cccc3Cl)CC2)[C@H]1O. The molecule has 3 aromatic rings. The van der Waals surface area contributed by atoms with Gasteiger partial charge >= 0.3 is 0 Å². The summed E-state index contributed by atoms with van der Waals surface area (Å²) in [5.74, 6) is 0.0368. The molecule has 1 aliphatic carbocycles. The van der Waals surface area contributed by atoms with Gasteiger partial charge in [0.05, 0.1) is 12.1 Å². The third-order valence-corrected chi connectivity index (χ3v) is 7.69. The Bertz CT molecular complexity index is 1180. The summed E-state index contributed by atoms with van der Waals surface area (Å²) in [5.41, 5.74) is 2.05. The maximum Gasteiger partial charge on any atom is 0.258 e. The Labute approximate surface area is 209 Å². The molecule has 5 nitrogen and oxygen atoms in total. The number of likely N-dealkylation sites (tertiary alicyclic amines) is 1. The zero-order valence-electron chi connectivity index (χ0n) is 19.3. The van der Waals surface area contributed by atoms with Gasteiger partial charge in [0.25, 0.3) is 5.91 Å². The van der Waals surface area contributed by atoms with Crippen molar-refractivity contribution in [3.8, 4) is 5.75 Å². The van der Waals surface area contributed by atoms with Crippen LogP contribution in [-0.2, 0) is 16.8 Å². The molecular formula is C28H28ClFN2O3. The number of halogens is 2. The minimum Gasteiger partial charge on any atom is -0.484 e. The van der Waals surface area contributed by atoms with Crippen molar-refractivity contribution in [3.05, 3.63) is 100 Å². The molecule has 1 fully saturated rings. The molecule has 2 aliphatic rings. The van der Waals surface area contributed by atoms with Crippen LogP contribution in [0.3, 0.4) is 0 Å². The zero-order valence-corrected chi connectivity index (χ0v) is 20.0. The van der Waals surface area contributed by atoms with E-state index < -0.39 is 17.6 Å². The van der Waals surface area contributed by atoms with Gasteiger partial charge in [-0.05, 0) is 61.3 Å². The highest BCUT2D eigenvalue weighted by molar-refractivity contribution is 6.31. The van der Waals surface area contributed by atoms with Gasteiger partial charge in [0, 0.05) is 22.5 Å². The Morgan fingerprint density at radius 1 is 1.06 bits per heavy atom. The molecule has 1 saturated heterocycles. The first kappa shape index (κ1) is 23.8. The highest BCUT2D eigenvalue weighted by Gasteiger charge is 2.52. The van der Waals surface area contributed by atoms with E-state index in [1.165, 1.54) is 6.07 Å². The molecule has 0 saturated carbocycles. The molecule has 1 aliphatic heterocycles. The van der Waals surface area contributed by atoms with Crippen LogP contribution in [-0.4, -0.2) is 41.7 Å². The van der Waals surface area contributed by atoms with E-state index in [2.05, 4.69) is 16.3 Å². The maximum absolute atomic E-state index is 14.3. The van der Waals surface area contributed by atoms with Gasteiger partial charge in [-0.3, -0.25) is 9.69 Å². The Hall–Kier alpha value is -2.93. The van der Waals surface area contributed by atoms with Gasteiger partial charge in [0.1, 0.15) is 11.6 Å². The predicted octanol–water partition coefficient (Wildman–Crippen LogP) is 4.62. The standard InChI is InChI=1S/C28H28ClFN2O3/c29-23-11-6-12-24(30)21(23)17-32-15-13-28(14-16-32)22-10-5-4-9-20(22)26(27(28)34)31-25(33)18-35-19-7-2-1-3-8-19/h1-12,26-27,34H,13-18H2,(H,31,33)/t26-,27+/m1/s1. The van der Waals surface area contributed by atoms with E-state index in [-0.39, 0.29) is 18.3 Å². The number of piperidine rings is 1. The van der Waals surface area contributed by atoms with E-state index in [9.17, 15) is 14.3 Å². The molecule has 2 atom stereocenters. The van der Waals surface area contributed by atoms with Gasteiger partial charge in [-0.25, -0.2) is 4.39 Å². The average molecular weight is 495 g/mol. The number of aliphatic hydroxyl groups is 1. The molecule has 1 amide bonds. The monoisotopic (exact) mass is 494 g/mol. The van der Waals surface area contributed by atoms with Crippen LogP contribution in [0.4, 0.5) is 4.39 Å². The third-order valence-electron chi connectivity index (χ3n) is 7.34. The van der Waals surface area contributed by atoms with Gasteiger partial charge in [-0.1, -0.05) is 60.1 Å². The van der Waals surface area contributed by atoms with Crippen molar-refractivity contribution < 1.29 is 19.0 Å².